The predicted octanol–water partition coefficient (Wildman–Crippen LogP) is 3.94. The lowest BCUT2D eigenvalue weighted by Crippen LogP contribution is -2.48. The Morgan fingerprint density at radius 3 is 2.48 bits per heavy atom. The fourth-order valence-corrected chi connectivity index (χ4v) is 4.31. The molecule has 1 aromatic carbocycles. The maximum Gasteiger partial charge on any atom is 0.325 e. The van der Waals surface area contributed by atoms with E-state index < -0.39 is 0 Å². The van der Waals surface area contributed by atoms with Crippen molar-refractivity contribution in [1.82, 2.24) is 9.88 Å². The number of amides is 2. The second-order valence-corrected chi connectivity index (χ2v) is 7.47. The van der Waals surface area contributed by atoms with Gasteiger partial charge in [0.1, 0.15) is 5.75 Å². The summed E-state index contributed by atoms with van der Waals surface area (Å²) in [5.74, 6) is 0.781. The van der Waals surface area contributed by atoms with Crippen LogP contribution in [-0.4, -0.2) is 40.2 Å². The smallest absolute Gasteiger partial charge is 0.325 e. The summed E-state index contributed by atoms with van der Waals surface area (Å²) in [5, 5.41) is 9.54. The van der Waals surface area contributed by atoms with Crippen molar-refractivity contribution in [3.8, 4) is 11.6 Å². The van der Waals surface area contributed by atoms with Crippen LogP contribution in [0.2, 0.25) is 0 Å². The predicted molar refractivity (Wildman–Crippen MR) is 103 cm³/mol. The van der Waals surface area contributed by atoms with E-state index in [-0.39, 0.29) is 17.3 Å². The van der Waals surface area contributed by atoms with Crippen LogP contribution in [0, 0.1) is 0 Å². The molecule has 1 aliphatic heterocycles. The van der Waals surface area contributed by atoms with Crippen molar-refractivity contribution < 1.29 is 14.6 Å². The number of carbonyl (C=O) groups is 1. The van der Waals surface area contributed by atoms with Gasteiger partial charge in [-0.25, -0.2) is 9.78 Å². The van der Waals surface area contributed by atoms with Gasteiger partial charge >= 0.3 is 6.03 Å². The molecule has 2 heterocycles. The van der Waals surface area contributed by atoms with Crippen molar-refractivity contribution in [2.75, 3.05) is 18.6 Å². The highest BCUT2D eigenvalue weighted by molar-refractivity contribution is 5.95. The summed E-state index contributed by atoms with van der Waals surface area (Å²) in [4.78, 5) is 21.5. The first-order chi connectivity index (χ1) is 13.1. The van der Waals surface area contributed by atoms with Gasteiger partial charge < -0.3 is 14.7 Å². The highest BCUT2D eigenvalue weighted by Crippen LogP contribution is 2.42. The minimum atomic E-state index is -0.132. The van der Waals surface area contributed by atoms with Crippen molar-refractivity contribution in [3.63, 3.8) is 0 Å². The van der Waals surface area contributed by atoms with Gasteiger partial charge in [-0.1, -0.05) is 31.4 Å². The number of ether oxygens (including phenoxy) is 1. The molecule has 27 heavy (non-hydrogen) atoms. The van der Waals surface area contributed by atoms with Crippen molar-refractivity contribution in [2.45, 2.75) is 44.2 Å². The molecule has 2 amide bonds. The minimum absolute atomic E-state index is 0.0249. The Morgan fingerprint density at radius 2 is 1.85 bits per heavy atom. The lowest BCUT2D eigenvalue weighted by molar-refractivity contribution is 0.113. The number of carbonyl (C=O) groups excluding carboxylic acids is 1. The van der Waals surface area contributed by atoms with Gasteiger partial charge in [0.25, 0.3) is 0 Å². The fraction of sp³-hybridized carbons (Fsp3) is 0.429. The van der Waals surface area contributed by atoms with E-state index in [0.717, 1.165) is 36.9 Å². The van der Waals surface area contributed by atoms with Crippen LogP contribution >= 0.6 is 0 Å². The van der Waals surface area contributed by atoms with Crippen LogP contribution in [0.15, 0.2) is 42.6 Å². The topological polar surface area (TPSA) is 65.9 Å². The standard InChI is InChI=1S/C21H25N3O3/c1-27-19-10-7-17(13-22-19)23-15-21(11-3-2-4-12-21)24(20(23)26)14-16-5-8-18(25)9-6-16/h5-10,13,25H,2-4,11-12,14-15H2,1H3. The third-order valence-corrected chi connectivity index (χ3v) is 5.79. The molecule has 0 unspecified atom stereocenters. The Labute approximate surface area is 159 Å². The molecule has 2 fully saturated rings. The molecule has 1 N–H and O–H groups in total. The number of nitrogens with zero attached hydrogens (tertiary/aromatic N) is 3. The van der Waals surface area contributed by atoms with Crippen LogP contribution in [-0.2, 0) is 6.54 Å². The van der Waals surface area contributed by atoms with Crippen LogP contribution < -0.4 is 9.64 Å². The van der Waals surface area contributed by atoms with Gasteiger partial charge in [-0.05, 0) is 36.6 Å². The second kappa shape index (κ2) is 7.10. The summed E-state index contributed by atoms with van der Waals surface area (Å²) < 4.78 is 5.13. The molecular formula is C21H25N3O3. The van der Waals surface area contributed by atoms with Crippen LogP contribution in [0.5, 0.6) is 11.6 Å². The van der Waals surface area contributed by atoms with Gasteiger partial charge in [-0.2, -0.15) is 0 Å². The Balaban J connectivity index is 1.64. The number of hydrogen-bond acceptors (Lipinski definition) is 4. The van der Waals surface area contributed by atoms with Crippen LogP contribution in [0.3, 0.4) is 0 Å². The molecule has 2 aromatic rings. The van der Waals surface area contributed by atoms with Gasteiger partial charge in [0, 0.05) is 12.6 Å². The number of urea groups is 1. The summed E-state index contributed by atoms with van der Waals surface area (Å²) in [6.07, 6.45) is 7.28. The first-order valence-corrected chi connectivity index (χ1v) is 9.48. The van der Waals surface area contributed by atoms with Crippen molar-refractivity contribution in [1.29, 1.82) is 0 Å². The third kappa shape index (κ3) is 3.31. The van der Waals surface area contributed by atoms with Gasteiger partial charge in [-0.3, -0.25) is 4.90 Å². The molecule has 1 spiro atoms. The number of anilines is 1. The molecule has 1 aliphatic carbocycles. The second-order valence-electron chi connectivity index (χ2n) is 7.47. The van der Waals surface area contributed by atoms with E-state index in [1.807, 2.05) is 28.0 Å². The summed E-state index contributed by atoms with van der Waals surface area (Å²) in [7, 11) is 1.58. The molecule has 0 atom stereocenters. The molecule has 1 aromatic heterocycles. The summed E-state index contributed by atoms with van der Waals surface area (Å²) in [6, 6.07) is 10.8. The number of aromatic nitrogens is 1. The monoisotopic (exact) mass is 367 g/mol. The zero-order chi connectivity index (χ0) is 18.9. The van der Waals surface area contributed by atoms with E-state index in [9.17, 15) is 9.90 Å². The summed E-state index contributed by atoms with van der Waals surface area (Å²) >= 11 is 0. The maximum atomic E-state index is 13.3. The first kappa shape index (κ1) is 17.6. The highest BCUT2D eigenvalue weighted by atomic mass is 16.5. The normalized spacial score (nSPS) is 18.9. The molecule has 1 saturated carbocycles. The SMILES string of the molecule is COc1ccc(N2CC3(CCCCC3)N(Cc3ccc(O)cc3)C2=O)cn1. The fourth-order valence-electron chi connectivity index (χ4n) is 4.31. The summed E-state index contributed by atoms with van der Waals surface area (Å²) in [5.41, 5.74) is 1.70. The van der Waals surface area contributed by atoms with E-state index in [2.05, 4.69) is 4.98 Å². The molecule has 0 radical (unpaired) electrons. The van der Waals surface area contributed by atoms with Crippen molar-refractivity contribution in [2.24, 2.45) is 0 Å². The van der Waals surface area contributed by atoms with E-state index in [1.165, 1.54) is 6.42 Å². The quantitative estimate of drug-likeness (QED) is 0.889. The van der Waals surface area contributed by atoms with Gasteiger partial charge in [-0.15, -0.1) is 0 Å². The van der Waals surface area contributed by atoms with E-state index in [0.29, 0.717) is 19.0 Å². The molecule has 6 heteroatoms. The molecular weight excluding hydrogens is 342 g/mol. The maximum absolute atomic E-state index is 13.3. The average Bonchev–Trinajstić information content (AvgIpc) is 2.96. The number of hydrogen-bond donors (Lipinski definition) is 1. The number of rotatable bonds is 4. The first-order valence-electron chi connectivity index (χ1n) is 9.48. The Kier molecular flexibility index (Phi) is 4.64. The third-order valence-electron chi connectivity index (χ3n) is 5.79. The Hall–Kier alpha value is -2.76. The number of phenolic OH excluding ortho intramolecular Hbond substituents is 1. The number of benzene rings is 1. The van der Waals surface area contributed by atoms with Gasteiger partial charge in [0.15, 0.2) is 0 Å². The average molecular weight is 367 g/mol. The van der Waals surface area contributed by atoms with Crippen LogP contribution in [0.4, 0.5) is 10.5 Å². The molecule has 6 nitrogen and oxygen atoms in total. The number of pyridine rings is 1. The van der Waals surface area contributed by atoms with E-state index >= 15 is 0 Å². The van der Waals surface area contributed by atoms with E-state index in [4.69, 9.17) is 4.74 Å². The molecule has 2 aliphatic rings. The largest absolute Gasteiger partial charge is 0.508 e. The molecule has 1 saturated heterocycles. The lowest BCUT2D eigenvalue weighted by atomic mass is 9.81. The molecule has 142 valence electrons. The number of methoxy groups -OCH3 is 1. The summed E-state index contributed by atoms with van der Waals surface area (Å²) in [6.45, 7) is 1.25. The van der Waals surface area contributed by atoms with Crippen LogP contribution in [0.1, 0.15) is 37.7 Å². The zero-order valence-electron chi connectivity index (χ0n) is 15.6. The number of phenols is 1. The molecule has 0 bridgehead atoms. The minimum Gasteiger partial charge on any atom is -0.508 e. The van der Waals surface area contributed by atoms with Gasteiger partial charge in [0.05, 0.1) is 31.1 Å². The highest BCUT2D eigenvalue weighted by Gasteiger charge is 2.50. The van der Waals surface area contributed by atoms with E-state index in [1.54, 1.807) is 31.5 Å². The van der Waals surface area contributed by atoms with Gasteiger partial charge in [0.2, 0.25) is 5.88 Å². The molecule has 4 rings (SSSR count). The van der Waals surface area contributed by atoms with Crippen LogP contribution in [0.25, 0.3) is 0 Å². The lowest BCUT2D eigenvalue weighted by Gasteiger charge is -2.40. The zero-order valence-corrected chi connectivity index (χ0v) is 15.6. The Morgan fingerprint density at radius 1 is 1.11 bits per heavy atom. The van der Waals surface area contributed by atoms with Crippen molar-refractivity contribution in [3.05, 3.63) is 48.2 Å². The number of aromatic hydroxyl groups is 1. The van der Waals surface area contributed by atoms with Crippen molar-refractivity contribution >= 4 is 11.7 Å². The Bertz CT molecular complexity index is 798.